The Morgan fingerprint density at radius 2 is 1.48 bits per heavy atom. The Hall–Kier alpha value is -4.18. The predicted octanol–water partition coefficient (Wildman–Crippen LogP) is 7.91. The van der Waals surface area contributed by atoms with Gasteiger partial charge < -0.3 is 14.1 Å². The third-order valence-electron chi connectivity index (χ3n) is 7.99. The predicted molar refractivity (Wildman–Crippen MR) is 179 cm³/mol. The molecular weight excluding hydrogens is 631 g/mol. The number of ether oxygens (including phenoxy) is 1. The fraction of sp³-hybridized carbons (Fsp3) is 0.222. The second-order valence-corrected chi connectivity index (χ2v) is 16.8. The minimum absolute atomic E-state index is 0.0490. The number of fused-ring (bicyclic) bond motifs is 1. The summed E-state index contributed by atoms with van der Waals surface area (Å²) in [4.78, 5) is 28.6. The van der Waals surface area contributed by atoms with Gasteiger partial charge in [0.25, 0.3) is 13.9 Å². The molecule has 10 heteroatoms. The molecule has 5 nitrogen and oxygen atoms in total. The number of esters is 1. The maximum atomic E-state index is 13.9. The second kappa shape index (κ2) is 12.9. The molecule has 1 aromatic heterocycles. The topological polar surface area (TPSA) is 68.4 Å². The molecular formula is C36H33ClF3NO4Si. The largest absolute Gasteiger partial charge is 0.426 e. The molecule has 0 saturated heterocycles. The van der Waals surface area contributed by atoms with E-state index in [1.54, 1.807) is 0 Å². The zero-order valence-electron chi connectivity index (χ0n) is 25.8. The van der Waals surface area contributed by atoms with Crippen LogP contribution < -0.4 is 20.7 Å². The van der Waals surface area contributed by atoms with E-state index in [2.05, 4.69) is 50.0 Å². The van der Waals surface area contributed by atoms with Crippen molar-refractivity contribution in [1.82, 2.24) is 4.98 Å². The number of rotatable bonds is 8. The van der Waals surface area contributed by atoms with Gasteiger partial charge in [0, 0.05) is 52.6 Å². The van der Waals surface area contributed by atoms with Crippen molar-refractivity contribution in [1.29, 1.82) is 0 Å². The summed E-state index contributed by atoms with van der Waals surface area (Å²) in [5.74, 6) is -0.569. The van der Waals surface area contributed by atoms with Crippen molar-refractivity contribution in [3.05, 3.63) is 124 Å². The molecule has 0 aliphatic rings. The maximum Gasteiger partial charge on any atom is 0.416 e. The van der Waals surface area contributed by atoms with E-state index in [1.165, 1.54) is 31.2 Å². The van der Waals surface area contributed by atoms with Crippen LogP contribution in [0.3, 0.4) is 0 Å². The van der Waals surface area contributed by atoms with Crippen LogP contribution in [0.15, 0.2) is 102 Å². The van der Waals surface area contributed by atoms with E-state index < -0.39 is 31.6 Å². The van der Waals surface area contributed by atoms with Crippen molar-refractivity contribution < 1.29 is 27.1 Å². The number of alkyl halides is 3. The van der Waals surface area contributed by atoms with Gasteiger partial charge in [-0.1, -0.05) is 93.0 Å². The number of pyridine rings is 1. The highest BCUT2D eigenvalue weighted by molar-refractivity contribution is 6.99. The van der Waals surface area contributed by atoms with E-state index in [1.807, 2.05) is 36.4 Å². The van der Waals surface area contributed by atoms with Gasteiger partial charge in [0.2, 0.25) is 0 Å². The molecule has 0 amide bonds. The molecule has 0 fully saturated rings. The fourth-order valence-electron chi connectivity index (χ4n) is 6.07. The van der Waals surface area contributed by atoms with Crippen molar-refractivity contribution >= 4 is 47.2 Å². The van der Waals surface area contributed by atoms with Crippen LogP contribution in [0.2, 0.25) is 10.1 Å². The molecule has 1 heterocycles. The molecule has 1 N–H and O–H groups in total. The lowest BCUT2D eigenvalue weighted by Crippen LogP contribution is -2.66. The van der Waals surface area contributed by atoms with Crippen LogP contribution in [0.25, 0.3) is 22.0 Å². The average Bonchev–Trinajstić information content (AvgIpc) is 2.99. The van der Waals surface area contributed by atoms with Gasteiger partial charge in [0.05, 0.1) is 5.56 Å². The Bertz CT molecular complexity index is 1900. The average molecular weight is 664 g/mol. The van der Waals surface area contributed by atoms with Gasteiger partial charge in [-0.05, 0) is 51.8 Å². The first kappa shape index (κ1) is 33.2. The summed E-state index contributed by atoms with van der Waals surface area (Å²) in [6, 6.07) is 27.5. The molecule has 5 aromatic rings. The number of benzene rings is 4. The van der Waals surface area contributed by atoms with E-state index in [4.69, 9.17) is 20.8 Å². The summed E-state index contributed by atoms with van der Waals surface area (Å²) in [5.41, 5.74) is -0.604. The molecule has 5 rings (SSSR count). The van der Waals surface area contributed by atoms with Crippen LogP contribution in [0.5, 0.6) is 5.75 Å². The van der Waals surface area contributed by atoms with Crippen LogP contribution in [0.4, 0.5) is 13.2 Å². The summed E-state index contributed by atoms with van der Waals surface area (Å²) in [5, 5.41) is 2.13. The normalized spacial score (nSPS) is 12.3. The van der Waals surface area contributed by atoms with Gasteiger partial charge in [0.15, 0.2) is 0 Å². The number of hydrogen-bond donors (Lipinski definition) is 1. The van der Waals surface area contributed by atoms with Crippen molar-refractivity contribution in [3.63, 3.8) is 0 Å². The lowest BCUT2D eigenvalue weighted by Gasteiger charge is -2.43. The monoisotopic (exact) mass is 663 g/mol. The summed E-state index contributed by atoms with van der Waals surface area (Å²) < 4.78 is 54.3. The molecule has 0 unspecified atom stereocenters. The third-order valence-corrected chi connectivity index (χ3v) is 13.3. The van der Waals surface area contributed by atoms with Gasteiger partial charge >= 0.3 is 12.1 Å². The summed E-state index contributed by atoms with van der Waals surface area (Å²) >= 11 is 6.37. The Morgan fingerprint density at radius 1 is 0.870 bits per heavy atom. The van der Waals surface area contributed by atoms with Gasteiger partial charge in [-0.25, -0.2) is 0 Å². The number of H-pyrrole nitrogens is 1. The minimum atomic E-state index is -4.64. The Balaban J connectivity index is 1.71. The molecule has 0 aliphatic heterocycles. The Labute approximate surface area is 271 Å². The molecule has 0 atom stereocenters. The number of aromatic amines is 1. The smallest absolute Gasteiger partial charge is 0.416 e. The second-order valence-electron chi connectivity index (χ2n) is 12.1. The van der Waals surface area contributed by atoms with Gasteiger partial charge in [-0.3, -0.25) is 9.59 Å². The Kier molecular flexibility index (Phi) is 9.31. The van der Waals surface area contributed by atoms with E-state index in [-0.39, 0.29) is 56.4 Å². The van der Waals surface area contributed by atoms with E-state index >= 15 is 0 Å². The minimum Gasteiger partial charge on any atom is -0.426 e. The highest BCUT2D eigenvalue weighted by atomic mass is 35.5. The lowest BCUT2D eigenvalue weighted by atomic mass is 9.93. The van der Waals surface area contributed by atoms with Gasteiger partial charge in [0.1, 0.15) is 5.75 Å². The van der Waals surface area contributed by atoms with Gasteiger partial charge in [-0.2, -0.15) is 13.2 Å². The van der Waals surface area contributed by atoms with Gasteiger partial charge in [-0.15, -0.1) is 0 Å². The highest BCUT2D eigenvalue weighted by Gasteiger charge is 2.50. The number of hydrogen-bond acceptors (Lipinski definition) is 4. The molecule has 0 radical (unpaired) electrons. The SMILES string of the molecule is CC(=O)Oc1ccc(Cl)cc1-c1c(CCO[Si](c2ccccc2)(c2ccccc2)C(C)(C)C)c(=O)[nH]c2ccc(C(F)(F)F)cc12. The molecule has 0 bridgehead atoms. The first-order valence-electron chi connectivity index (χ1n) is 14.7. The van der Waals surface area contributed by atoms with Crippen molar-refractivity contribution in [2.45, 2.75) is 45.3 Å². The molecule has 238 valence electrons. The van der Waals surface area contributed by atoms with Crippen LogP contribution in [0, 0.1) is 0 Å². The Morgan fingerprint density at radius 3 is 2.02 bits per heavy atom. The van der Waals surface area contributed by atoms with E-state index in [0.29, 0.717) is 0 Å². The maximum absolute atomic E-state index is 13.9. The number of carbonyl (C=O) groups excluding carboxylic acids is 1. The standard InChI is InChI=1S/C36H33ClF3NO4Si/c1-23(42)45-32-18-16-25(37)22-30(32)33-28(34(43)41-31-17-15-24(21-29(31)33)36(38,39)40)19-20-44-46(35(2,3)4,26-11-7-5-8-12-26)27-13-9-6-10-14-27/h5-18,21-22H,19-20H2,1-4H3,(H,41,43). The van der Waals surface area contributed by atoms with Crippen LogP contribution in [-0.4, -0.2) is 25.9 Å². The molecule has 46 heavy (non-hydrogen) atoms. The lowest BCUT2D eigenvalue weighted by molar-refractivity contribution is -0.137. The van der Waals surface area contributed by atoms with Crippen molar-refractivity contribution in [2.75, 3.05) is 6.61 Å². The van der Waals surface area contributed by atoms with E-state index in [0.717, 1.165) is 22.5 Å². The molecule has 0 aliphatic carbocycles. The number of carbonyl (C=O) groups is 1. The van der Waals surface area contributed by atoms with Crippen LogP contribution in [0.1, 0.15) is 38.8 Å². The number of halogens is 4. The summed E-state index contributed by atoms with van der Waals surface area (Å²) in [6.07, 6.45) is -4.59. The van der Waals surface area contributed by atoms with E-state index in [9.17, 15) is 22.8 Å². The first-order chi connectivity index (χ1) is 21.7. The molecule has 4 aromatic carbocycles. The quantitative estimate of drug-likeness (QED) is 0.104. The zero-order valence-corrected chi connectivity index (χ0v) is 27.6. The number of aromatic nitrogens is 1. The zero-order chi connectivity index (χ0) is 33.3. The number of nitrogens with one attached hydrogen (secondary N) is 1. The summed E-state index contributed by atoms with van der Waals surface area (Å²) in [7, 11) is -3.00. The molecule has 0 saturated carbocycles. The van der Waals surface area contributed by atoms with Crippen LogP contribution >= 0.6 is 11.6 Å². The van der Waals surface area contributed by atoms with Crippen molar-refractivity contribution in [2.24, 2.45) is 0 Å². The fourth-order valence-corrected chi connectivity index (χ4v) is 10.8. The summed E-state index contributed by atoms with van der Waals surface area (Å²) in [6.45, 7) is 7.68. The highest BCUT2D eigenvalue weighted by Crippen LogP contribution is 2.41. The van der Waals surface area contributed by atoms with Crippen molar-refractivity contribution in [3.8, 4) is 16.9 Å². The first-order valence-corrected chi connectivity index (χ1v) is 17.0. The van der Waals surface area contributed by atoms with Crippen LogP contribution in [-0.2, 0) is 21.8 Å². The third kappa shape index (κ3) is 6.53. The molecule has 0 spiro atoms.